The lowest BCUT2D eigenvalue weighted by Gasteiger charge is -2.33. The Labute approximate surface area is 141 Å². The molecule has 8 nitrogen and oxygen atoms in total. The van der Waals surface area contributed by atoms with Crippen LogP contribution >= 0.6 is 0 Å². The van der Waals surface area contributed by atoms with E-state index in [4.69, 9.17) is 9.47 Å². The Morgan fingerprint density at radius 3 is 2.83 bits per heavy atom. The van der Waals surface area contributed by atoms with Crippen molar-refractivity contribution in [2.75, 3.05) is 26.2 Å². The van der Waals surface area contributed by atoms with Crippen LogP contribution in [0.4, 0.5) is 5.95 Å². The summed E-state index contributed by atoms with van der Waals surface area (Å²) in [5, 5.41) is 11.1. The predicted molar refractivity (Wildman–Crippen MR) is 87.6 cm³/mol. The summed E-state index contributed by atoms with van der Waals surface area (Å²) in [5.41, 5.74) is 0. The van der Waals surface area contributed by atoms with Crippen LogP contribution in [-0.2, 0) is 16.0 Å². The van der Waals surface area contributed by atoms with Crippen LogP contribution < -0.4 is 0 Å². The average molecular weight is 338 g/mol. The molecule has 2 saturated heterocycles. The molecule has 2 unspecified atom stereocenters. The third-order valence-corrected chi connectivity index (χ3v) is 4.65. The van der Waals surface area contributed by atoms with Gasteiger partial charge in [-0.2, -0.15) is 0 Å². The van der Waals surface area contributed by atoms with Crippen LogP contribution in [-0.4, -0.2) is 58.0 Å². The molecule has 0 spiro atoms. The first kappa shape index (κ1) is 17.3. The molecule has 0 saturated carbocycles. The van der Waals surface area contributed by atoms with Gasteiger partial charge in [-0.15, -0.1) is 0 Å². The van der Waals surface area contributed by atoms with Crippen molar-refractivity contribution < 1.29 is 14.4 Å². The Balaban J connectivity index is 1.65. The number of hydrogen-bond acceptors (Lipinski definition) is 6. The minimum absolute atomic E-state index is 0.133. The molecule has 2 aliphatic rings. The molecule has 0 bridgehead atoms. The van der Waals surface area contributed by atoms with Gasteiger partial charge in [-0.3, -0.25) is 0 Å². The van der Waals surface area contributed by atoms with E-state index in [1.54, 1.807) is 10.8 Å². The topological polar surface area (TPSA) is 82.7 Å². The summed E-state index contributed by atoms with van der Waals surface area (Å²) < 4.78 is 13.4. The van der Waals surface area contributed by atoms with E-state index in [0.29, 0.717) is 6.54 Å². The quantitative estimate of drug-likeness (QED) is 0.560. The standard InChI is InChI=1S/C16H26N4O4/c21-20(22)16-17-7-10-19(16)13-14(12-18-8-3-1-4-9-18)24-15-6-2-5-11-23-15/h7,10,14-15H,1-6,8-9,11-13H2. The molecule has 3 rings (SSSR count). The maximum absolute atomic E-state index is 11.1. The molecule has 1 aromatic rings. The highest BCUT2D eigenvalue weighted by molar-refractivity contribution is 5.06. The Morgan fingerprint density at radius 1 is 1.29 bits per heavy atom. The zero-order chi connectivity index (χ0) is 16.8. The molecule has 1 aromatic heterocycles. The fourth-order valence-electron chi connectivity index (χ4n) is 3.44. The predicted octanol–water partition coefficient (Wildman–Crippen LogP) is 2.19. The molecule has 8 heteroatoms. The third-order valence-electron chi connectivity index (χ3n) is 4.65. The van der Waals surface area contributed by atoms with E-state index < -0.39 is 4.92 Å². The summed E-state index contributed by atoms with van der Waals surface area (Å²) in [6.07, 6.45) is 9.53. The zero-order valence-electron chi connectivity index (χ0n) is 14.0. The van der Waals surface area contributed by atoms with Gasteiger partial charge in [-0.25, -0.2) is 4.57 Å². The van der Waals surface area contributed by atoms with E-state index in [9.17, 15) is 10.1 Å². The molecule has 24 heavy (non-hydrogen) atoms. The SMILES string of the molecule is O=[N+]([O-])c1nccn1CC(CN1CCCCC1)OC1CCCCO1. The number of imidazole rings is 1. The number of nitrogens with zero attached hydrogens (tertiary/aromatic N) is 4. The number of piperidine rings is 1. The highest BCUT2D eigenvalue weighted by Crippen LogP contribution is 2.19. The first-order valence-electron chi connectivity index (χ1n) is 8.87. The van der Waals surface area contributed by atoms with Gasteiger partial charge in [0.25, 0.3) is 0 Å². The van der Waals surface area contributed by atoms with Crippen molar-refractivity contribution in [1.29, 1.82) is 0 Å². The van der Waals surface area contributed by atoms with Gasteiger partial charge >= 0.3 is 5.95 Å². The van der Waals surface area contributed by atoms with Gasteiger partial charge in [0.1, 0.15) is 18.5 Å². The van der Waals surface area contributed by atoms with Gasteiger partial charge in [0, 0.05) is 13.2 Å². The van der Waals surface area contributed by atoms with Crippen molar-refractivity contribution in [2.45, 2.75) is 57.5 Å². The van der Waals surface area contributed by atoms with Crippen molar-refractivity contribution in [3.8, 4) is 0 Å². The lowest BCUT2D eigenvalue weighted by Crippen LogP contribution is -2.41. The number of ether oxygens (including phenoxy) is 2. The van der Waals surface area contributed by atoms with Gasteiger partial charge < -0.3 is 24.5 Å². The number of rotatable bonds is 7. The van der Waals surface area contributed by atoms with E-state index >= 15 is 0 Å². The molecule has 0 aliphatic carbocycles. The van der Waals surface area contributed by atoms with E-state index in [2.05, 4.69) is 9.88 Å². The molecular formula is C16H26N4O4. The molecular weight excluding hydrogens is 312 g/mol. The number of aromatic nitrogens is 2. The molecule has 2 atom stereocenters. The first-order valence-corrected chi connectivity index (χ1v) is 8.87. The van der Waals surface area contributed by atoms with Gasteiger partial charge in [0.05, 0.1) is 6.54 Å². The maximum Gasteiger partial charge on any atom is 0.434 e. The fraction of sp³-hybridized carbons (Fsp3) is 0.812. The average Bonchev–Trinajstić information content (AvgIpc) is 3.05. The van der Waals surface area contributed by atoms with Crippen LogP contribution in [0.15, 0.2) is 12.4 Å². The molecule has 3 heterocycles. The van der Waals surface area contributed by atoms with Gasteiger partial charge in [0.15, 0.2) is 6.29 Å². The van der Waals surface area contributed by atoms with Crippen molar-refractivity contribution >= 4 is 5.95 Å². The zero-order valence-corrected chi connectivity index (χ0v) is 14.0. The van der Waals surface area contributed by atoms with E-state index in [1.165, 1.54) is 25.5 Å². The molecule has 0 N–H and O–H groups in total. The van der Waals surface area contributed by atoms with Crippen LogP contribution in [0.25, 0.3) is 0 Å². The monoisotopic (exact) mass is 338 g/mol. The highest BCUT2D eigenvalue weighted by atomic mass is 16.7. The van der Waals surface area contributed by atoms with Crippen LogP contribution in [0.1, 0.15) is 38.5 Å². The smallest absolute Gasteiger partial charge is 0.390 e. The number of nitro groups is 1. The maximum atomic E-state index is 11.1. The summed E-state index contributed by atoms with van der Waals surface area (Å²) >= 11 is 0. The van der Waals surface area contributed by atoms with E-state index in [-0.39, 0.29) is 18.3 Å². The molecule has 0 aromatic carbocycles. The van der Waals surface area contributed by atoms with Gasteiger partial charge in [-0.1, -0.05) is 11.4 Å². The minimum atomic E-state index is -0.449. The van der Waals surface area contributed by atoms with Crippen molar-refractivity contribution in [1.82, 2.24) is 14.5 Å². The lowest BCUT2D eigenvalue weighted by atomic mass is 10.1. The molecule has 0 radical (unpaired) electrons. The Morgan fingerprint density at radius 2 is 2.12 bits per heavy atom. The van der Waals surface area contributed by atoms with E-state index in [1.807, 2.05) is 0 Å². The summed E-state index contributed by atoms with van der Waals surface area (Å²) in [6.45, 7) is 4.06. The largest absolute Gasteiger partial charge is 0.434 e. The fourth-order valence-corrected chi connectivity index (χ4v) is 3.44. The van der Waals surface area contributed by atoms with Gasteiger partial charge in [0.2, 0.25) is 0 Å². The molecule has 2 fully saturated rings. The number of likely N-dealkylation sites (tertiary alicyclic amines) is 1. The summed E-state index contributed by atoms with van der Waals surface area (Å²) in [5.74, 6) is -0.133. The van der Waals surface area contributed by atoms with Crippen molar-refractivity contribution in [3.05, 3.63) is 22.5 Å². The molecule has 2 aliphatic heterocycles. The lowest BCUT2D eigenvalue weighted by molar-refractivity contribution is -0.397. The van der Waals surface area contributed by atoms with Gasteiger partial charge in [-0.05, 0) is 50.1 Å². The Kier molecular flexibility index (Phi) is 6.17. The Bertz CT molecular complexity index is 504. The van der Waals surface area contributed by atoms with Crippen LogP contribution in [0.2, 0.25) is 0 Å². The van der Waals surface area contributed by atoms with Crippen LogP contribution in [0, 0.1) is 10.1 Å². The Hall–Kier alpha value is -1.51. The van der Waals surface area contributed by atoms with E-state index in [0.717, 1.165) is 45.5 Å². The third kappa shape index (κ3) is 4.75. The van der Waals surface area contributed by atoms with Crippen LogP contribution in [0.5, 0.6) is 0 Å². The normalized spacial score (nSPS) is 23.9. The van der Waals surface area contributed by atoms with Crippen molar-refractivity contribution in [3.63, 3.8) is 0 Å². The minimum Gasteiger partial charge on any atom is -0.390 e. The molecule has 0 amide bonds. The second kappa shape index (κ2) is 8.55. The van der Waals surface area contributed by atoms with Crippen molar-refractivity contribution in [2.24, 2.45) is 0 Å². The second-order valence-corrected chi connectivity index (χ2v) is 6.55. The summed E-state index contributed by atoms with van der Waals surface area (Å²) in [4.78, 5) is 16.9. The van der Waals surface area contributed by atoms with Crippen LogP contribution in [0.3, 0.4) is 0 Å². The first-order chi connectivity index (χ1) is 11.7. The highest BCUT2D eigenvalue weighted by Gasteiger charge is 2.26. The summed E-state index contributed by atoms with van der Waals surface area (Å²) in [6, 6.07) is 0. The number of hydrogen-bond donors (Lipinski definition) is 0. The summed E-state index contributed by atoms with van der Waals surface area (Å²) in [7, 11) is 0. The molecule has 134 valence electrons. The second-order valence-electron chi connectivity index (χ2n) is 6.55.